The van der Waals surface area contributed by atoms with Crippen molar-refractivity contribution < 1.29 is 30.0 Å². The van der Waals surface area contributed by atoms with Gasteiger partial charge in [-0.2, -0.15) is 0 Å². The van der Waals surface area contributed by atoms with Crippen molar-refractivity contribution in [2.24, 2.45) is 0 Å². The lowest BCUT2D eigenvalue weighted by molar-refractivity contribution is 0.0681. The van der Waals surface area contributed by atoms with E-state index in [1.807, 2.05) is 0 Å². The van der Waals surface area contributed by atoms with E-state index < -0.39 is 23.4 Å². The van der Waals surface area contributed by atoms with Gasteiger partial charge in [0.2, 0.25) is 0 Å². The summed E-state index contributed by atoms with van der Waals surface area (Å²) in [5, 5.41) is 39.6. The standard InChI is InChI=1S/C20H18O6/c1-3-6-11-10-15(13-8-5-9-14(17(13)21)19(23)24)18(22)16(20(25)26)12(11)7-4-2/h3-5,8-10,21-22H,1-2,6-7H2,(H,23,24)(H,25,26). The third kappa shape index (κ3) is 3.30. The van der Waals surface area contributed by atoms with Crippen LogP contribution in [0.25, 0.3) is 11.1 Å². The van der Waals surface area contributed by atoms with Crippen LogP contribution in [0.3, 0.4) is 0 Å². The van der Waals surface area contributed by atoms with Crippen LogP contribution in [-0.2, 0) is 12.8 Å². The molecule has 0 atom stereocenters. The highest BCUT2D eigenvalue weighted by Gasteiger charge is 2.24. The van der Waals surface area contributed by atoms with Crippen LogP contribution < -0.4 is 0 Å². The first-order chi connectivity index (χ1) is 12.3. The molecule has 0 aliphatic rings. The van der Waals surface area contributed by atoms with Gasteiger partial charge in [-0.05, 0) is 36.1 Å². The number of carboxylic acids is 2. The summed E-state index contributed by atoms with van der Waals surface area (Å²) in [5.41, 5.74) is 0.388. The number of benzene rings is 2. The summed E-state index contributed by atoms with van der Waals surface area (Å²) in [6.45, 7) is 7.26. The Morgan fingerprint density at radius 1 is 0.923 bits per heavy atom. The molecule has 2 aromatic carbocycles. The second-order valence-corrected chi connectivity index (χ2v) is 5.58. The van der Waals surface area contributed by atoms with Gasteiger partial charge >= 0.3 is 11.9 Å². The maximum atomic E-state index is 11.7. The number of hydrogen-bond donors (Lipinski definition) is 4. The lowest BCUT2D eigenvalue weighted by atomic mass is 9.89. The minimum absolute atomic E-state index is 0.0281. The molecule has 0 saturated carbocycles. The van der Waals surface area contributed by atoms with E-state index in [2.05, 4.69) is 13.2 Å². The van der Waals surface area contributed by atoms with Crippen LogP contribution in [0.4, 0.5) is 0 Å². The normalized spacial score (nSPS) is 10.3. The molecule has 0 radical (unpaired) electrons. The lowest BCUT2D eigenvalue weighted by Gasteiger charge is -2.17. The van der Waals surface area contributed by atoms with Gasteiger partial charge in [0.05, 0.1) is 0 Å². The number of rotatable bonds is 7. The molecule has 6 heteroatoms. The molecular weight excluding hydrogens is 336 g/mol. The van der Waals surface area contributed by atoms with Gasteiger partial charge in [-0.25, -0.2) is 9.59 Å². The highest BCUT2D eigenvalue weighted by molar-refractivity contribution is 5.99. The molecular formula is C20H18O6. The second kappa shape index (κ2) is 7.57. The molecule has 0 spiro atoms. The van der Waals surface area contributed by atoms with Crippen LogP contribution in [0, 0.1) is 0 Å². The van der Waals surface area contributed by atoms with Crippen LogP contribution >= 0.6 is 0 Å². The van der Waals surface area contributed by atoms with Crippen molar-refractivity contribution in [1.29, 1.82) is 0 Å². The molecule has 0 aliphatic heterocycles. The summed E-state index contributed by atoms with van der Waals surface area (Å²) in [6, 6.07) is 5.56. The van der Waals surface area contributed by atoms with Crippen molar-refractivity contribution in [2.75, 3.05) is 0 Å². The first-order valence-corrected chi connectivity index (χ1v) is 7.71. The minimum atomic E-state index is -1.34. The number of phenols is 2. The summed E-state index contributed by atoms with van der Waals surface area (Å²) in [6.07, 6.45) is 3.66. The van der Waals surface area contributed by atoms with Crippen LogP contribution in [0.15, 0.2) is 49.6 Å². The zero-order valence-electron chi connectivity index (χ0n) is 13.9. The van der Waals surface area contributed by atoms with E-state index in [1.165, 1.54) is 30.3 Å². The largest absolute Gasteiger partial charge is 0.506 e. The average Bonchev–Trinajstić information content (AvgIpc) is 2.57. The first kappa shape index (κ1) is 18.8. The lowest BCUT2D eigenvalue weighted by Crippen LogP contribution is -2.08. The van der Waals surface area contributed by atoms with E-state index in [1.54, 1.807) is 6.08 Å². The molecule has 0 aliphatic carbocycles. The van der Waals surface area contributed by atoms with Gasteiger partial charge in [0.15, 0.2) is 0 Å². The Morgan fingerprint density at radius 2 is 1.58 bits per heavy atom. The van der Waals surface area contributed by atoms with Crippen molar-refractivity contribution in [2.45, 2.75) is 12.8 Å². The Hall–Kier alpha value is -3.54. The molecule has 2 rings (SSSR count). The van der Waals surface area contributed by atoms with Crippen molar-refractivity contribution in [3.63, 3.8) is 0 Å². The van der Waals surface area contributed by atoms with Crippen molar-refractivity contribution >= 4 is 11.9 Å². The summed E-state index contributed by atoms with van der Waals surface area (Å²) < 4.78 is 0. The van der Waals surface area contributed by atoms with Gasteiger partial charge in [0.25, 0.3) is 0 Å². The fraction of sp³-hybridized carbons (Fsp3) is 0.100. The van der Waals surface area contributed by atoms with E-state index in [-0.39, 0.29) is 28.7 Å². The molecule has 134 valence electrons. The molecule has 0 bridgehead atoms. The summed E-state index contributed by atoms with van der Waals surface area (Å²) >= 11 is 0. The Balaban J connectivity index is 2.88. The number of aromatic carboxylic acids is 2. The van der Waals surface area contributed by atoms with E-state index in [9.17, 15) is 24.9 Å². The van der Waals surface area contributed by atoms with Gasteiger partial charge < -0.3 is 20.4 Å². The van der Waals surface area contributed by atoms with E-state index in [0.29, 0.717) is 17.5 Å². The zero-order chi connectivity index (χ0) is 19.4. The van der Waals surface area contributed by atoms with Gasteiger partial charge in [-0.15, -0.1) is 13.2 Å². The molecule has 0 heterocycles. The van der Waals surface area contributed by atoms with Gasteiger partial charge in [0.1, 0.15) is 22.6 Å². The second-order valence-electron chi connectivity index (χ2n) is 5.58. The predicted octanol–water partition coefficient (Wildman–Crippen LogP) is 3.62. The van der Waals surface area contributed by atoms with E-state index >= 15 is 0 Å². The zero-order valence-corrected chi connectivity index (χ0v) is 13.9. The number of allylic oxidation sites excluding steroid dienone is 2. The quantitative estimate of drug-likeness (QED) is 0.565. The predicted molar refractivity (Wildman–Crippen MR) is 96.9 cm³/mol. The average molecular weight is 354 g/mol. The summed E-state index contributed by atoms with van der Waals surface area (Å²) in [4.78, 5) is 23.0. The first-order valence-electron chi connectivity index (χ1n) is 7.71. The molecule has 6 nitrogen and oxygen atoms in total. The molecule has 0 amide bonds. The van der Waals surface area contributed by atoms with Crippen molar-refractivity contribution in [3.05, 3.63) is 71.8 Å². The molecule has 0 aromatic heterocycles. The molecule has 0 fully saturated rings. The monoisotopic (exact) mass is 354 g/mol. The number of carboxylic acid groups (broad SMARTS) is 2. The summed E-state index contributed by atoms with van der Waals surface area (Å²) in [7, 11) is 0. The molecule has 0 saturated heterocycles. The van der Waals surface area contributed by atoms with Gasteiger partial charge in [0, 0.05) is 11.1 Å². The molecule has 0 unspecified atom stereocenters. The molecule has 4 N–H and O–H groups in total. The van der Waals surface area contributed by atoms with Crippen molar-refractivity contribution in [3.8, 4) is 22.6 Å². The number of para-hydroxylation sites is 1. The molecule has 26 heavy (non-hydrogen) atoms. The van der Waals surface area contributed by atoms with Crippen LogP contribution in [-0.4, -0.2) is 32.4 Å². The smallest absolute Gasteiger partial charge is 0.339 e. The molecule has 2 aromatic rings. The Labute approximate surface area is 150 Å². The van der Waals surface area contributed by atoms with Crippen molar-refractivity contribution in [1.82, 2.24) is 0 Å². The van der Waals surface area contributed by atoms with E-state index in [0.717, 1.165) is 0 Å². The Morgan fingerprint density at radius 3 is 2.12 bits per heavy atom. The highest BCUT2D eigenvalue weighted by atomic mass is 16.4. The number of aromatic hydroxyl groups is 2. The Bertz CT molecular complexity index is 911. The Kier molecular flexibility index (Phi) is 5.47. The highest BCUT2D eigenvalue weighted by Crippen LogP contribution is 2.41. The van der Waals surface area contributed by atoms with Crippen LogP contribution in [0.2, 0.25) is 0 Å². The van der Waals surface area contributed by atoms with Gasteiger partial charge in [-0.1, -0.05) is 24.3 Å². The van der Waals surface area contributed by atoms with Gasteiger partial charge in [-0.3, -0.25) is 0 Å². The third-order valence-electron chi connectivity index (χ3n) is 3.98. The van der Waals surface area contributed by atoms with Crippen LogP contribution in [0.1, 0.15) is 31.8 Å². The SMILES string of the molecule is C=CCc1cc(-c2cccc(C(=O)O)c2O)c(O)c(C(=O)O)c1CC=C. The third-order valence-corrected chi connectivity index (χ3v) is 3.98. The maximum absolute atomic E-state index is 11.7. The fourth-order valence-electron chi connectivity index (χ4n) is 2.85. The number of carbonyl (C=O) groups is 2. The summed E-state index contributed by atoms with van der Waals surface area (Å²) in [5.74, 6) is -3.76. The van der Waals surface area contributed by atoms with E-state index in [4.69, 9.17) is 5.11 Å². The number of hydrogen-bond acceptors (Lipinski definition) is 4. The van der Waals surface area contributed by atoms with Crippen LogP contribution in [0.5, 0.6) is 11.5 Å². The topological polar surface area (TPSA) is 115 Å². The minimum Gasteiger partial charge on any atom is -0.506 e. The fourth-order valence-corrected chi connectivity index (χ4v) is 2.85. The maximum Gasteiger partial charge on any atom is 0.339 e.